The fraction of sp³-hybridized carbons (Fsp3) is 0.923. The molecule has 1 aliphatic rings. The van der Waals surface area contributed by atoms with Crippen molar-refractivity contribution in [3.63, 3.8) is 0 Å². The van der Waals surface area contributed by atoms with Crippen LogP contribution < -0.4 is 5.73 Å². The third-order valence-corrected chi connectivity index (χ3v) is 3.57. The van der Waals surface area contributed by atoms with Gasteiger partial charge in [-0.25, -0.2) is 0 Å². The van der Waals surface area contributed by atoms with Crippen molar-refractivity contribution in [1.82, 2.24) is 9.80 Å². The van der Waals surface area contributed by atoms with E-state index in [1.165, 1.54) is 0 Å². The molecule has 1 aliphatic heterocycles. The molecule has 0 aromatic heterocycles. The van der Waals surface area contributed by atoms with Crippen LogP contribution in [0.3, 0.4) is 0 Å². The minimum atomic E-state index is -0.702. The molecule has 2 unspecified atom stereocenters. The topological polar surface area (TPSA) is 49.6 Å². The van der Waals surface area contributed by atoms with Crippen molar-refractivity contribution in [3.05, 3.63) is 0 Å². The number of rotatable bonds is 3. The lowest BCUT2D eigenvalue weighted by Gasteiger charge is -2.35. The van der Waals surface area contributed by atoms with Crippen LogP contribution in [0.2, 0.25) is 0 Å². The second-order valence-electron chi connectivity index (χ2n) is 5.63. The molecule has 1 saturated heterocycles. The van der Waals surface area contributed by atoms with Crippen LogP contribution in [0.1, 0.15) is 40.0 Å². The molecule has 0 aromatic carbocycles. The average Bonchev–Trinajstić information content (AvgIpc) is 2.38. The average molecular weight is 241 g/mol. The zero-order valence-electron chi connectivity index (χ0n) is 11.7. The third-order valence-electron chi connectivity index (χ3n) is 3.57. The van der Waals surface area contributed by atoms with E-state index in [1.54, 1.807) is 0 Å². The molecule has 4 nitrogen and oxygen atoms in total. The van der Waals surface area contributed by atoms with Crippen molar-refractivity contribution in [1.29, 1.82) is 0 Å². The lowest BCUT2D eigenvalue weighted by molar-refractivity contribution is -0.138. The van der Waals surface area contributed by atoms with Gasteiger partial charge in [-0.3, -0.25) is 4.79 Å². The van der Waals surface area contributed by atoms with Crippen LogP contribution in [-0.4, -0.2) is 54.0 Å². The summed E-state index contributed by atoms with van der Waals surface area (Å²) in [5, 5.41) is 0. The van der Waals surface area contributed by atoms with Crippen molar-refractivity contribution in [2.45, 2.75) is 51.6 Å². The van der Waals surface area contributed by atoms with Crippen LogP contribution in [0.25, 0.3) is 0 Å². The van der Waals surface area contributed by atoms with E-state index in [4.69, 9.17) is 5.73 Å². The molecular formula is C13H27N3O. The summed E-state index contributed by atoms with van der Waals surface area (Å²) in [6.07, 6.45) is 2.74. The van der Waals surface area contributed by atoms with Crippen molar-refractivity contribution in [3.8, 4) is 0 Å². The number of nitrogens with two attached hydrogens (primary N) is 1. The standard InChI is InChI=1S/C13H27N3O/c1-5-7-13(3,14)12(17)16-9-6-8-15(4)10-11(16)2/h11H,5-10,14H2,1-4H3. The summed E-state index contributed by atoms with van der Waals surface area (Å²) in [6, 6.07) is 0.259. The van der Waals surface area contributed by atoms with E-state index in [2.05, 4.69) is 25.8 Å². The first-order valence-corrected chi connectivity index (χ1v) is 6.67. The van der Waals surface area contributed by atoms with E-state index < -0.39 is 5.54 Å². The minimum absolute atomic E-state index is 0.113. The van der Waals surface area contributed by atoms with Gasteiger partial charge in [-0.2, -0.15) is 0 Å². The summed E-state index contributed by atoms with van der Waals surface area (Å²) < 4.78 is 0. The van der Waals surface area contributed by atoms with Gasteiger partial charge in [0.25, 0.3) is 0 Å². The normalized spacial score (nSPS) is 26.4. The molecule has 0 spiro atoms. The van der Waals surface area contributed by atoms with Crippen LogP contribution in [0.5, 0.6) is 0 Å². The molecule has 0 aromatic rings. The van der Waals surface area contributed by atoms with E-state index >= 15 is 0 Å². The number of carbonyl (C=O) groups excluding carboxylic acids is 1. The lowest BCUT2D eigenvalue weighted by Crippen LogP contribution is -2.56. The Labute approximate surface area is 105 Å². The first kappa shape index (κ1) is 14.5. The maximum Gasteiger partial charge on any atom is 0.242 e. The van der Waals surface area contributed by atoms with Gasteiger partial charge in [0.2, 0.25) is 5.91 Å². The highest BCUT2D eigenvalue weighted by Crippen LogP contribution is 2.17. The Morgan fingerprint density at radius 3 is 2.71 bits per heavy atom. The highest BCUT2D eigenvalue weighted by molar-refractivity contribution is 5.86. The van der Waals surface area contributed by atoms with E-state index in [9.17, 15) is 4.79 Å². The second kappa shape index (κ2) is 5.83. The van der Waals surface area contributed by atoms with E-state index in [0.29, 0.717) is 0 Å². The van der Waals surface area contributed by atoms with Gasteiger partial charge in [-0.1, -0.05) is 13.3 Å². The monoisotopic (exact) mass is 241 g/mol. The maximum atomic E-state index is 12.5. The fourth-order valence-corrected chi connectivity index (χ4v) is 2.63. The van der Waals surface area contributed by atoms with Gasteiger partial charge in [0.1, 0.15) is 0 Å². The Bertz CT molecular complexity index is 265. The highest BCUT2D eigenvalue weighted by Gasteiger charge is 2.34. The summed E-state index contributed by atoms with van der Waals surface area (Å²) in [6.45, 7) is 8.87. The first-order valence-electron chi connectivity index (χ1n) is 6.67. The zero-order chi connectivity index (χ0) is 13.1. The molecule has 17 heavy (non-hydrogen) atoms. The van der Waals surface area contributed by atoms with Gasteiger partial charge < -0.3 is 15.5 Å². The molecule has 0 saturated carbocycles. The third kappa shape index (κ3) is 3.68. The molecule has 1 fully saturated rings. The number of likely N-dealkylation sites (N-methyl/N-ethyl adjacent to an activating group) is 1. The Kier molecular flexibility index (Phi) is 4.95. The molecule has 2 atom stereocenters. The number of hydrogen-bond acceptors (Lipinski definition) is 3. The fourth-order valence-electron chi connectivity index (χ4n) is 2.63. The van der Waals surface area contributed by atoms with Gasteiger partial charge in [0.05, 0.1) is 5.54 Å². The van der Waals surface area contributed by atoms with Crippen LogP contribution in [0, 0.1) is 0 Å². The van der Waals surface area contributed by atoms with Crippen LogP contribution in [0.4, 0.5) is 0 Å². The van der Waals surface area contributed by atoms with Crippen molar-refractivity contribution in [2.75, 3.05) is 26.7 Å². The van der Waals surface area contributed by atoms with E-state index in [1.807, 2.05) is 11.8 Å². The predicted octanol–water partition coefficient (Wildman–Crippen LogP) is 1.06. The molecular weight excluding hydrogens is 214 g/mol. The van der Waals surface area contributed by atoms with Crippen molar-refractivity contribution in [2.24, 2.45) is 5.73 Å². The maximum absolute atomic E-state index is 12.5. The summed E-state index contributed by atoms with van der Waals surface area (Å²) in [5.74, 6) is 0.113. The molecule has 1 rings (SSSR count). The van der Waals surface area contributed by atoms with E-state index in [0.717, 1.165) is 38.9 Å². The predicted molar refractivity (Wildman–Crippen MR) is 70.8 cm³/mol. The number of amides is 1. The highest BCUT2D eigenvalue weighted by atomic mass is 16.2. The Balaban J connectivity index is 2.73. The van der Waals surface area contributed by atoms with Gasteiger partial charge in [0, 0.05) is 19.1 Å². The first-order chi connectivity index (χ1) is 7.88. The Morgan fingerprint density at radius 2 is 2.12 bits per heavy atom. The number of hydrogen-bond donors (Lipinski definition) is 1. The second-order valence-corrected chi connectivity index (χ2v) is 5.63. The molecule has 2 N–H and O–H groups in total. The SMILES string of the molecule is CCCC(C)(N)C(=O)N1CCCN(C)CC1C. The van der Waals surface area contributed by atoms with Gasteiger partial charge in [-0.05, 0) is 40.3 Å². The summed E-state index contributed by atoms with van der Waals surface area (Å²) >= 11 is 0. The molecule has 0 bridgehead atoms. The molecule has 1 heterocycles. The molecule has 1 amide bonds. The number of nitrogens with zero attached hydrogens (tertiary/aromatic N) is 2. The largest absolute Gasteiger partial charge is 0.337 e. The van der Waals surface area contributed by atoms with Crippen LogP contribution in [-0.2, 0) is 4.79 Å². The van der Waals surface area contributed by atoms with Crippen LogP contribution in [0.15, 0.2) is 0 Å². The van der Waals surface area contributed by atoms with Crippen molar-refractivity contribution >= 4 is 5.91 Å². The summed E-state index contributed by atoms with van der Waals surface area (Å²) in [4.78, 5) is 16.7. The molecule has 0 radical (unpaired) electrons. The minimum Gasteiger partial charge on any atom is -0.337 e. The zero-order valence-corrected chi connectivity index (χ0v) is 11.7. The molecule has 100 valence electrons. The molecule has 0 aliphatic carbocycles. The van der Waals surface area contributed by atoms with Crippen LogP contribution >= 0.6 is 0 Å². The van der Waals surface area contributed by atoms with Gasteiger partial charge in [-0.15, -0.1) is 0 Å². The Morgan fingerprint density at radius 1 is 1.47 bits per heavy atom. The lowest BCUT2D eigenvalue weighted by atomic mass is 9.95. The summed E-state index contributed by atoms with van der Waals surface area (Å²) in [7, 11) is 2.11. The Hall–Kier alpha value is -0.610. The van der Waals surface area contributed by atoms with Gasteiger partial charge in [0.15, 0.2) is 0 Å². The quantitative estimate of drug-likeness (QED) is 0.803. The smallest absolute Gasteiger partial charge is 0.242 e. The number of carbonyl (C=O) groups is 1. The van der Waals surface area contributed by atoms with Gasteiger partial charge >= 0.3 is 0 Å². The van der Waals surface area contributed by atoms with Crippen molar-refractivity contribution < 1.29 is 4.79 Å². The van der Waals surface area contributed by atoms with E-state index in [-0.39, 0.29) is 11.9 Å². The molecule has 4 heteroatoms. The summed E-state index contributed by atoms with van der Waals surface area (Å²) in [5.41, 5.74) is 5.44.